The fourth-order valence-electron chi connectivity index (χ4n) is 2.41. The quantitative estimate of drug-likeness (QED) is 0.814. The van der Waals surface area contributed by atoms with E-state index in [9.17, 15) is 4.79 Å². The molecule has 1 heterocycles. The van der Waals surface area contributed by atoms with E-state index in [1.807, 2.05) is 20.8 Å². The molecule has 5 nitrogen and oxygen atoms in total. The second-order valence-electron chi connectivity index (χ2n) is 6.50. The third kappa shape index (κ3) is 7.70. The molecule has 0 unspecified atom stereocenters. The van der Waals surface area contributed by atoms with E-state index in [0.717, 1.165) is 32.7 Å². The van der Waals surface area contributed by atoms with Crippen molar-refractivity contribution in [3.8, 4) is 0 Å². The molecule has 0 aromatic carbocycles. The summed E-state index contributed by atoms with van der Waals surface area (Å²) in [6.45, 7) is 10.5. The van der Waals surface area contributed by atoms with Crippen LogP contribution in [0.5, 0.6) is 0 Å². The highest BCUT2D eigenvalue weighted by atomic mass is 16.6. The topological polar surface area (TPSA) is 50.8 Å². The molecule has 0 aromatic heterocycles. The smallest absolute Gasteiger partial charge is 0.407 e. The summed E-state index contributed by atoms with van der Waals surface area (Å²) < 4.78 is 10.3. The van der Waals surface area contributed by atoms with Crippen LogP contribution in [0.25, 0.3) is 0 Å². The number of carbonyl (C=O) groups excluding carboxylic acids is 1. The number of piperidine rings is 1. The van der Waals surface area contributed by atoms with Gasteiger partial charge in [-0.15, -0.1) is 0 Å². The highest BCUT2D eigenvalue weighted by molar-refractivity contribution is 5.67. The Kier molecular flexibility index (Phi) is 7.30. The molecule has 1 amide bonds. The van der Waals surface area contributed by atoms with Crippen molar-refractivity contribution >= 4 is 6.09 Å². The van der Waals surface area contributed by atoms with Gasteiger partial charge >= 0.3 is 6.09 Å². The van der Waals surface area contributed by atoms with E-state index in [2.05, 4.69) is 10.2 Å². The highest BCUT2D eigenvalue weighted by Crippen LogP contribution is 2.19. The second-order valence-corrected chi connectivity index (χ2v) is 6.50. The fourth-order valence-corrected chi connectivity index (χ4v) is 2.41. The minimum Gasteiger partial charge on any atom is -0.444 e. The molecule has 1 fully saturated rings. The van der Waals surface area contributed by atoms with Gasteiger partial charge in [0.25, 0.3) is 0 Å². The lowest BCUT2D eigenvalue weighted by Gasteiger charge is -2.31. The van der Waals surface area contributed by atoms with Crippen LogP contribution >= 0.6 is 0 Å². The lowest BCUT2D eigenvalue weighted by atomic mass is 9.93. The largest absolute Gasteiger partial charge is 0.444 e. The number of carbonyl (C=O) groups is 1. The first-order chi connectivity index (χ1) is 9.40. The summed E-state index contributed by atoms with van der Waals surface area (Å²) in [6, 6.07) is 0. The molecule has 1 aliphatic heterocycles. The van der Waals surface area contributed by atoms with Gasteiger partial charge in [-0.1, -0.05) is 0 Å². The molecule has 0 radical (unpaired) electrons. The molecule has 5 heteroatoms. The van der Waals surface area contributed by atoms with Gasteiger partial charge in [0, 0.05) is 20.2 Å². The summed E-state index contributed by atoms with van der Waals surface area (Å²) in [7, 11) is 1.75. The minimum absolute atomic E-state index is 0.310. The maximum atomic E-state index is 11.5. The summed E-state index contributed by atoms with van der Waals surface area (Å²) in [5, 5.41) is 2.84. The third-order valence-corrected chi connectivity index (χ3v) is 3.54. The number of methoxy groups -OCH3 is 1. The number of amides is 1. The number of rotatable bonds is 6. The lowest BCUT2D eigenvalue weighted by Crippen LogP contribution is -2.37. The van der Waals surface area contributed by atoms with Gasteiger partial charge in [-0.3, -0.25) is 0 Å². The number of nitrogens with one attached hydrogen (secondary N) is 1. The van der Waals surface area contributed by atoms with E-state index in [1.54, 1.807) is 7.11 Å². The van der Waals surface area contributed by atoms with Crippen LogP contribution in [0.2, 0.25) is 0 Å². The van der Waals surface area contributed by atoms with Crippen LogP contribution in [0.15, 0.2) is 0 Å². The number of hydrogen-bond acceptors (Lipinski definition) is 4. The molecule has 1 N–H and O–H groups in total. The molecule has 1 aliphatic rings. The maximum absolute atomic E-state index is 11.5. The Morgan fingerprint density at radius 2 is 1.95 bits per heavy atom. The fraction of sp³-hybridized carbons (Fsp3) is 0.933. The van der Waals surface area contributed by atoms with Gasteiger partial charge in [0.1, 0.15) is 5.60 Å². The molecular weight excluding hydrogens is 256 g/mol. The van der Waals surface area contributed by atoms with Crippen molar-refractivity contribution in [2.24, 2.45) is 5.92 Å². The first kappa shape index (κ1) is 17.2. The zero-order chi connectivity index (χ0) is 15.0. The zero-order valence-electron chi connectivity index (χ0n) is 13.4. The van der Waals surface area contributed by atoms with Crippen molar-refractivity contribution < 1.29 is 14.3 Å². The summed E-state index contributed by atoms with van der Waals surface area (Å²) in [5.74, 6) is 0.712. The summed E-state index contributed by atoms with van der Waals surface area (Å²) >= 11 is 0. The van der Waals surface area contributed by atoms with Crippen molar-refractivity contribution in [2.75, 3.05) is 39.9 Å². The van der Waals surface area contributed by atoms with Crippen molar-refractivity contribution in [2.45, 2.75) is 45.6 Å². The van der Waals surface area contributed by atoms with Crippen LogP contribution in [-0.4, -0.2) is 56.5 Å². The Morgan fingerprint density at radius 1 is 1.30 bits per heavy atom. The van der Waals surface area contributed by atoms with Gasteiger partial charge in [-0.05, 0) is 59.0 Å². The summed E-state index contributed by atoms with van der Waals surface area (Å²) in [4.78, 5) is 14.0. The molecule has 0 atom stereocenters. The number of hydrogen-bond donors (Lipinski definition) is 1. The van der Waals surface area contributed by atoms with E-state index in [4.69, 9.17) is 9.47 Å². The summed E-state index contributed by atoms with van der Waals surface area (Å²) in [6.07, 6.45) is 3.14. The molecule has 0 aromatic rings. The predicted molar refractivity (Wildman–Crippen MR) is 79.9 cm³/mol. The second kappa shape index (κ2) is 8.47. The van der Waals surface area contributed by atoms with Crippen molar-refractivity contribution in [1.29, 1.82) is 0 Å². The van der Waals surface area contributed by atoms with Gasteiger partial charge in [-0.2, -0.15) is 0 Å². The molecule has 20 heavy (non-hydrogen) atoms. The SMILES string of the molecule is COCCN1CCC(CCNC(=O)OC(C)(C)C)CC1. The van der Waals surface area contributed by atoms with Crippen LogP contribution in [0.4, 0.5) is 4.79 Å². The zero-order valence-corrected chi connectivity index (χ0v) is 13.4. The molecule has 0 saturated carbocycles. The van der Waals surface area contributed by atoms with Gasteiger partial charge in [-0.25, -0.2) is 4.79 Å². The van der Waals surface area contributed by atoms with E-state index < -0.39 is 5.60 Å². The van der Waals surface area contributed by atoms with Crippen molar-refractivity contribution in [3.05, 3.63) is 0 Å². The normalized spacial score (nSPS) is 18.0. The van der Waals surface area contributed by atoms with Crippen LogP contribution in [0, 0.1) is 5.92 Å². The first-order valence-electron chi connectivity index (χ1n) is 7.59. The lowest BCUT2D eigenvalue weighted by molar-refractivity contribution is 0.0521. The van der Waals surface area contributed by atoms with Gasteiger partial charge in [0.2, 0.25) is 0 Å². The number of ether oxygens (including phenoxy) is 2. The predicted octanol–water partition coefficient (Wildman–Crippen LogP) is 2.26. The average Bonchev–Trinajstić information content (AvgIpc) is 2.35. The van der Waals surface area contributed by atoms with Crippen molar-refractivity contribution in [3.63, 3.8) is 0 Å². The highest BCUT2D eigenvalue weighted by Gasteiger charge is 2.20. The standard InChI is InChI=1S/C15H30N2O3/c1-15(2,3)20-14(18)16-8-5-13-6-9-17(10-7-13)11-12-19-4/h13H,5-12H2,1-4H3,(H,16,18). The van der Waals surface area contributed by atoms with Gasteiger partial charge in [0.15, 0.2) is 0 Å². The average molecular weight is 286 g/mol. The van der Waals surface area contributed by atoms with Crippen molar-refractivity contribution in [1.82, 2.24) is 10.2 Å². The molecule has 1 rings (SSSR count). The minimum atomic E-state index is -0.420. The number of alkyl carbamates (subject to hydrolysis) is 1. The van der Waals surface area contributed by atoms with Crippen LogP contribution in [0.3, 0.4) is 0 Å². The Hall–Kier alpha value is -0.810. The molecule has 0 aliphatic carbocycles. The number of likely N-dealkylation sites (tertiary alicyclic amines) is 1. The third-order valence-electron chi connectivity index (χ3n) is 3.54. The van der Waals surface area contributed by atoms with E-state index in [0.29, 0.717) is 12.5 Å². The van der Waals surface area contributed by atoms with Crippen LogP contribution in [0.1, 0.15) is 40.0 Å². The van der Waals surface area contributed by atoms with E-state index >= 15 is 0 Å². The molecule has 0 bridgehead atoms. The number of nitrogens with zero attached hydrogens (tertiary/aromatic N) is 1. The van der Waals surface area contributed by atoms with E-state index in [-0.39, 0.29) is 6.09 Å². The van der Waals surface area contributed by atoms with E-state index in [1.165, 1.54) is 12.8 Å². The van der Waals surface area contributed by atoms with Gasteiger partial charge in [0.05, 0.1) is 6.61 Å². The van der Waals surface area contributed by atoms with Crippen LogP contribution in [-0.2, 0) is 9.47 Å². The Bertz CT molecular complexity index is 281. The maximum Gasteiger partial charge on any atom is 0.407 e. The summed E-state index contributed by atoms with van der Waals surface area (Å²) in [5.41, 5.74) is -0.420. The molecule has 1 saturated heterocycles. The Morgan fingerprint density at radius 3 is 2.50 bits per heavy atom. The first-order valence-corrected chi connectivity index (χ1v) is 7.59. The molecule has 118 valence electrons. The molecular formula is C15H30N2O3. The Balaban J connectivity index is 2.08. The van der Waals surface area contributed by atoms with Gasteiger partial charge < -0.3 is 19.7 Å². The van der Waals surface area contributed by atoms with Crippen LogP contribution < -0.4 is 5.32 Å². The monoisotopic (exact) mass is 286 g/mol. The molecule has 0 spiro atoms. The Labute approximate surface area is 123 Å².